The Morgan fingerprint density at radius 1 is 0.872 bits per heavy atom. The number of amides is 3. The van der Waals surface area contributed by atoms with E-state index in [2.05, 4.69) is 93.7 Å². The number of hydrogen-bond acceptors (Lipinski definition) is 5. The monoisotopic (exact) mass is 567 g/mol. The Hall–Kier alpha value is -1.08. The van der Waals surface area contributed by atoms with E-state index in [1.54, 1.807) is 11.8 Å². The van der Waals surface area contributed by atoms with Crippen molar-refractivity contribution in [1.82, 2.24) is 15.5 Å². The zero-order valence-corrected chi connectivity index (χ0v) is 29.0. The van der Waals surface area contributed by atoms with E-state index >= 15 is 0 Å². The first-order valence-corrected chi connectivity index (χ1v) is 15.6. The highest BCUT2D eigenvalue weighted by Crippen LogP contribution is 2.49. The maximum atomic E-state index is 13.4. The summed E-state index contributed by atoms with van der Waals surface area (Å²) in [6.45, 7) is 34.3. The molecule has 0 radical (unpaired) electrons. The van der Waals surface area contributed by atoms with Gasteiger partial charge in [0.05, 0.1) is 5.25 Å². The van der Waals surface area contributed by atoms with Crippen molar-refractivity contribution < 1.29 is 14.4 Å². The molecule has 3 amide bonds. The minimum atomic E-state index is -0.413. The average molecular weight is 568 g/mol. The SMILES string of the molecule is CC(CC(C)N1C(=O)CC(SC(C)(C)CC(C)(C)C(C)(C)C)C1=O)C(=O)NC(C)(C)CC(C)(C)NC(C)(C)C. The van der Waals surface area contributed by atoms with Crippen LogP contribution in [0.2, 0.25) is 0 Å². The fraction of sp³-hybridized carbons (Fsp3) is 0.906. The number of imide groups is 1. The fourth-order valence-electron chi connectivity index (χ4n) is 6.32. The fourth-order valence-corrected chi connectivity index (χ4v) is 7.98. The van der Waals surface area contributed by atoms with Crippen LogP contribution >= 0.6 is 11.8 Å². The smallest absolute Gasteiger partial charge is 0.243 e. The van der Waals surface area contributed by atoms with E-state index in [1.165, 1.54) is 4.90 Å². The topological polar surface area (TPSA) is 78.5 Å². The third kappa shape index (κ3) is 11.0. The minimum Gasteiger partial charge on any atom is -0.351 e. The normalized spacial score (nSPS) is 19.9. The van der Waals surface area contributed by atoms with Crippen LogP contribution in [0.3, 0.4) is 0 Å². The molecular formula is C32H61N3O3S. The zero-order valence-electron chi connectivity index (χ0n) is 28.1. The Labute approximate surface area is 245 Å². The molecule has 0 aromatic heterocycles. The van der Waals surface area contributed by atoms with Gasteiger partial charge in [-0.25, -0.2) is 0 Å². The molecule has 39 heavy (non-hydrogen) atoms. The lowest BCUT2D eigenvalue weighted by atomic mass is 9.65. The van der Waals surface area contributed by atoms with Crippen molar-refractivity contribution in [2.75, 3.05) is 0 Å². The van der Waals surface area contributed by atoms with Crippen LogP contribution in [0.4, 0.5) is 0 Å². The van der Waals surface area contributed by atoms with Gasteiger partial charge in [0.1, 0.15) is 0 Å². The summed E-state index contributed by atoms with van der Waals surface area (Å²) in [5.74, 6) is -0.607. The summed E-state index contributed by atoms with van der Waals surface area (Å²) in [6.07, 6.45) is 2.38. The molecule has 1 rings (SSSR count). The van der Waals surface area contributed by atoms with Crippen molar-refractivity contribution in [3.05, 3.63) is 0 Å². The molecule has 2 N–H and O–H groups in total. The van der Waals surface area contributed by atoms with Crippen molar-refractivity contribution in [2.24, 2.45) is 16.7 Å². The Bertz CT molecular complexity index is 893. The van der Waals surface area contributed by atoms with Crippen LogP contribution < -0.4 is 10.6 Å². The number of likely N-dealkylation sites (tertiary alicyclic amines) is 1. The molecule has 1 aliphatic rings. The predicted molar refractivity (Wildman–Crippen MR) is 167 cm³/mol. The number of carbonyl (C=O) groups is 3. The third-order valence-electron chi connectivity index (χ3n) is 8.14. The highest BCUT2D eigenvalue weighted by molar-refractivity contribution is 8.02. The molecule has 1 heterocycles. The highest BCUT2D eigenvalue weighted by Gasteiger charge is 2.46. The van der Waals surface area contributed by atoms with E-state index in [-0.39, 0.29) is 68.0 Å². The van der Waals surface area contributed by atoms with Gasteiger partial charge in [-0.3, -0.25) is 19.3 Å². The molecule has 0 spiro atoms. The van der Waals surface area contributed by atoms with E-state index in [4.69, 9.17) is 0 Å². The van der Waals surface area contributed by atoms with E-state index in [0.717, 1.165) is 12.8 Å². The summed E-state index contributed by atoms with van der Waals surface area (Å²) in [5.41, 5.74) is -0.400. The van der Waals surface area contributed by atoms with Crippen LogP contribution in [0.25, 0.3) is 0 Å². The van der Waals surface area contributed by atoms with Crippen molar-refractivity contribution in [3.8, 4) is 0 Å². The van der Waals surface area contributed by atoms with Crippen LogP contribution in [0.5, 0.6) is 0 Å². The van der Waals surface area contributed by atoms with E-state index < -0.39 is 5.54 Å². The van der Waals surface area contributed by atoms with E-state index in [9.17, 15) is 14.4 Å². The summed E-state index contributed by atoms with van der Waals surface area (Å²) in [7, 11) is 0. The molecule has 228 valence electrons. The van der Waals surface area contributed by atoms with Crippen LogP contribution in [-0.4, -0.2) is 55.3 Å². The van der Waals surface area contributed by atoms with Gasteiger partial charge >= 0.3 is 0 Å². The minimum absolute atomic E-state index is 0.0325. The number of rotatable bonds is 12. The molecular weight excluding hydrogens is 506 g/mol. The van der Waals surface area contributed by atoms with Crippen molar-refractivity contribution >= 4 is 29.5 Å². The standard InChI is InChI=1S/C32H61N3O3S/c1-21(25(37)33-30(11,12)20-31(13,14)34-28(6,7)8)17-22(2)35-24(36)18-23(26(35)38)39-32(15,16)19-29(9,10)27(3,4)5/h21-23,34H,17-20H2,1-16H3,(H,33,37). The predicted octanol–water partition coefficient (Wildman–Crippen LogP) is 6.95. The van der Waals surface area contributed by atoms with Gasteiger partial charge in [-0.1, -0.05) is 55.4 Å². The Morgan fingerprint density at radius 2 is 1.38 bits per heavy atom. The first-order valence-electron chi connectivity index (χ1n) is 14.7. The Kier molecular flexibility index (Phi) is 11.1. The lowest BCUT2D eigenvalue weighted by Crippen LogP contribution is -2.57. The number of nitrogens with one attached hydrogen (secondary N) is 2. The molecule has 1 fully saturated rings. The third-order valence-corrected chi connectivity index (χ3v) is 9.58. The lowest BCUT2D eigenvalue weighted by molar-refractivity contribution is -0.142. The van der Waals surface area contributed by atoms with Crippen LogP contribution in [-0.2, 0) is 14.4 Å². The highest BCUT2D eigenvalue weighted by atomic mass is 32.2. The van der Waals surface area contributed by atoms with Gasteiger partial charge in [0.2, 0.25) is 17.7 Å². The average Bonchev–Trinajstić information content (AvgIpc) is 2.88. The first-order chi connectivity index (χ1) is 17.1. The molecule has 7 heteroatoms. The second-order valence-corrected chi connectivity index (χ2v) is 18.7. The first kappa shape index (κ1) is 35.9. The van der Waals surface area contributed by atoms with Gasteiger partial charge in [-0.05, 0) is 85.5 Å². The number of nitrogens with zero attached hydrogens (tertiary/aromatic N) is 1. The molecule has 0 saturated carbocycles. The molecule has 0 aliphatic carbocycles. The van der Waals surface area contributed by atoms with Crippen molar-refractivity contribution in [1.29, 1.82) is 0 Å². The summed E-state index contributed by atoms with van der Waals surface area (Å²) in [4.78, 5) is 41.0. The molecule has 0 aromatic rings. The summed E-state index contributed by atoms with van der Waals surface area (Å²) < 4.78 is -0.148. The number of carbonyl (C=O) groups excluding carboxylic acids is 3. The van der Waals surface area contributed by atoms with Gasteiger partial charge in [0.15, 0.2) is 0 Å². The van der Waals surface area contributed by atoms with Gasteiger partial charge in [0.25, 0.3) is 0 Å². The second-order valence-electron chi connectivity index (χ2n) is 16.8. The Balaban J connectivity index is 2.82. The van der Waals surface area contributed by atoms with Gasteiger partial charge in [-0.2, -0.15) is 0 Å². The number of thioether (sulfide) groups is 1. The van der Waals surface area contributed by atoms with Gasteiger partial charge in [-0.15, -0.1) is 11.8 Å². The summed E-state index contributed by atoms with van der Waals surface area (Å²) in [5, 5.41) is 6.49. The molecule has 3 atom stereocenters. The molecule has 1 saturated heterocycles. The van der Waals surface area contributed by atoms with Gasteiger partial charge < -0.3 is 10.6 Å². The van der Waals surface area contributed by atoms with Crippen LogP contribution in [0.15, 0.2) is 0 Å². The molecule has 6 nitrogen and oxygen atoms in total. The molecule has 3 unspecified atom stereocenters. The summed E-state index contributed by atoms with van der Waals surface area (Å²) >= 11 is 1.63. The molecule has 0 bridgehead atoms. The molecule has 0 aromatic carbocycles. The van der Waals surface area contributed by atoms with Gasteiger partial charge in [0, 0.05) is 39.7 Å². The Morgan fingerprint density at radius 3 is 1.85 bits per heavy atom. The quantitative estimate of drug-likeness (QED) is 0.249. The summed E-state index contributed by atoms with van der Waals surface area (Å²) in [6, 6.07) is -0.326. The second kappa shape index (κ2) is 12.0. The maximum Gasteiger partial charge on any atom is 0.243 e. The van der Waals surface area contributed by atoms with E-state index in [0.29, 0.717) is 6.42 Å². The molecule has 1 aliphatic heterocycles. The maximum absolute atomic E-state index is 13.4. The number of hydrogen-bond donors (Lipinski definition) is 2. The lowest BCUT2D eigenvalue weighted by Gasteiger charge is -2.44. The van der Waals surface area contributed by atoms with E-state index in [1.807, 2.05) is 27.7 Å². The van der Waals surface area contributed by atoms with Crippen molar-refractivity contribution in [3.63, 3.8) is 0 Å². The van der Waals surface area contributed by atoms with Crippen LogP contribution in [0.1, 0.15) is 136 Å². The largest absolute Gasteiger partial charge is 0.351 e. The van der Waals surface area contributed by atoms with Crippen molar-refractivity contribution in [2.45, 2.75) is 169 Å². The van der Waals surface area contributed by atoms with Crippen LogP contribution in [0, 0.1) is 16.7 Å². The zero-order chi connectivity index (χ0) is 31.0.